The molecule has 3 aliphatic rings. The number of fused-ring (bicyclic) bond motifs is 13. The zero-order chi connectivity index (χ0) is 22.2. The lowest BCUT2D eigenvalue weighted by molar-refractivity contribution is -0.272. The van der Waals surface area contributed by atoms with Crippen molar-refractivity contribution in [1.29, 1.82) is 0 Å². The zero-order valence-corrected chi connectivity index (χ0v) is 17.9. The molecule has 2 bridgehead atoms. The maximum atomic E-state index is 13.2. The minimum absolute atomic E-state index is 0.0638. The summed E-state index contributed by atoms with van der Waals surface area (Å²) in [4.78, 5) is 13.2. The molecule has 5 aromatic rings. The number of aliphatic hydroxyl groups is 2. The molecule has 3 N–H and O–H groups in total. The Labute approximate surface area is 187 Å². The lowest BCUT2D eigenvalue weighted by Gasteiger charge is -2.45. The summed E-state index contributed by atoms with van der Waals surface area (Å²) in [5, 5.41) is 29.2. The van der Waals surface area contributed by atoms with Crippen LogP contribution in [0.2, 0.25) is 0 Å². The predicted octanol–water partition coefficient (Wildman–Crippen LogP) is 3.47. The highest BCUT2D eigenvalue weighted by molar-refractivity contribution is 6.31. The van der Waals surface area contributed by atoms with Gasteiger partial charge in [0.25, 0.3) is 5.91 Å². The third-order valence-corrected chi connectivity index (χ3v) is 7.98. The number of aliphatic hydroxyl groups excluding tert-OH is 2. The molecule has 1 amide bonds. The maximum Gasteiger partial charge on any atom is 0.252 e. The highest BCUT2D eigenvalue weighted by atomic mass is 16.6. The Morgan fingerprint density at radius 2 is 1.70 bits per heavy atom. The second kappa shape index (κ2) is 5.56. The van der Waals surface area contributed by atoms with E-state index in [4.69, 9.17) is 4.74 Å². The topological polar surface area (TPSA) is 88.7 Å². The number of nitrogens with one attached hydrogen (secondary N) is 1. The second-order valence-corrected chi connectivity index (χ2v) is 9.60. The lowest BCUT2D eigenvalue weighted by atomic mass is 9.95. The fourth-order valence-corrected chi connectivity index (χ4v) is 6.67. The molecule has 0 aliphatic carbocycles. The minimum atomic E-state index is -1.18. The first-order chi connectivity index (χ1) is 16.0. The van der Waals surface area contributed by atoms with Crippen molar-refractivity contribution in [2.45, 2.75) is 44.1 Å². The van der Waals surface area contributed by atoms with E-state index in [0.29, 0.717) is 6.54 Å². The van der Waals surface area contributed by atoms with E-state index >= 15 is 0 Å². The van der Waals surface area contributed by atoms with Crippen molar-refractivity contribution in [3.05, 3.63) is 59.7 Å². The summed E-state index contributed by atoms with van der Waals surface area (Å²) < 4.78 is 10.9. The van der Waals surface area contributed by atoms with Crippen molar-refractivity contribution in [3.63, 3.8) is 0 Å². The highest BCUT2D eigenvalue weighted by Crippen LogP contribution is 2.53. The number of rotatable bonds is 0. The van der Waals surface area contributed by atoms with E-state index in [1.807, 2.05) is 49.4 Å². The summed E-state index contributed by atoms with van der Waals surface area (Å²) in [5.74, 6) is -0.0638. The van der Waals surface area contributed by atoms with Gasteiger partial charge in [-0.2, -0.15) is 0 Å². The second-order valence-electron chi connectivity index (χ2n) is 9.60. The van der Waals surface area contributed by atoms with Crippen molar-refractivity contribution in [2.75, 3.05) is 0 Å². The van der Waals surface area contributed by atoms with Crippen LogP contribution in [0.1, 0.15) is 35.5 Å². The first kappa shape index (κ1) is 18.1. The van der Waals surface area contributed by atoms with Gasteiger partial charge in [-0.3, -0.25) is 4.79 Å². The molecule has 3 aliphatic heterocycles. The number of benzene rings is 3. The normalized spacial score (nSPS) is 28.2. The minimum Gasteiger partial charge on any atom is -0.390 e. The van der Waals surface area contributed by atoms with Crippen molar-refractivity contribution in [1.82, 2.24) is 14.5 Å². The van der Waals surface area contributed by atoms with E-state index in [0.717, 1.165) is 54.7 Å². The number of aromatic nitrogens is 2. The maximum absolute atomic E-state index is 13.2. The number of carbonyl (C=O) groups is 1. The van der Waals surface area contributed by atoms with Crippen molar-refractivity contribution in [2.24, 2.45) is 0 Å². The van der Waals surface area contributed by atoms with Gasteiger partial charge in [-0.15, -0.1) is 0 Å². The summed E-state index contributed by atoms with van der Waals surface area (Å²) in [7, 11) is 0. The zero-order valence-electron chi connectivity index (χ0n) is 17.9. The molecule has 7 heteroatoms. The monoisotopic (exact) mass is 439 g/mol. The average Bonchev–Trinajstić information content (AvgIpc) is 3.45. The Hall–Kier alpha value is -3.39. The molecule has 164 valence electrons. The molecule has 5 heterocycles. The number of para-hydroxylation sites is 2. The summed E-state index contributed by atoms with van der Waals surface area (Å²) in [6.45, 7) is 2.32. The number of amides is 1. The van der Waals surface area contributed by atoms with Crippen molar-refractivity contribution >= 4 is 49.5 Å². The van der Waals surface area contributed by atoms with Crippen molar-refractivity contribution < 1.29 is 19.7 Å². The van der Waals surface area contributed by atoms with Crippen LogP contribution >= 0.6 is 0 Å². The van der Waals surface area contributed by atoms with Crippen LogP contribution in [0.25, 0.3) is 43.6 Å². The van der Waals surface area contributed by atoms with Crippen LogP contribution in [-0.4, -0.2) is 37.5 Å². The van der Waals surface area contributed by atoms with Gasteiger partial charge in [0.15, 0.2) is 5.72 Å². The summed E-state index contributed by atoms with van der Waals surface area (Å²) in [5.41, 5.74) is 4.25. The summed E-state index contributed by atoms with van der Waals surface area (Å²) in [6.07, 6.45) is -2.28. The third kappa shape index (κ3) is 1.85. The van der Waals surface area contributed by atoms with Crippen LogP contribution in [-0.2, 0) is 17.0 Å². The number of ether oxygens (including phenoxy) is 1. The van der Waals surface area contributed by atoms with Crippen LogP contribution in [0, 0.1) is 0 Å². The molecule has 0 radical (unpaired) electrons. The van der Waals surface area contributed by atoms with Gasteiger partial charge >= 0.3 is 0 Å². The highest BCUT2D eigenvalue weighted by Gasteiger charge is 2.52. The third-order valence-electron chi connectivity index (χ3n) is 7.98. The van der Waals surface area contributed by atoms with Gasteiger partial charge in [-0.05, 0) is 24.6 Å². The molecule has 2 aromatic heterocycles. The quantitative estimate of drug-likeness (QED) is 0.345. The molecule has 0 saturated carbocycles. The Kier molecular flexibility index (Phi) is 3.05. The van der Waals surface area contributed by atoms with Crippen LogP contribution in [0.3, 0.4) is 0 Å². The molecule has 1 saturated heterocycles. The number of hydrogen-bond donors (Lipinski definition) is 3. The van der Waals surface area contributed by atoms with Gasteiger partial charge in [0, 0.05) is 34.5 Å². The molecule has 0 unspecified atom stereocenters. The van der Waals surface area contributed by atoms with E-state index in [1.165, 1.54) is 0 Å². The smallest absolute Gasteiger partial charge is 0.252 e. The van der Waals surface area contributed by atoms with Gasteiger partial charge < -0.3 is 29.4 Å². The van der Waals surface area contributed by atoms with E-state index in [1.54, 1.807) is 0 Å². The van der Waals surface area contributed by atoms with Gasteiger partial charge in [-0.1, -0.05) is 36.4 Å². The van der Waals surface area contributed by atoms with E-state index in [2.05, 4.69) is 20.5 Å². The molecule has 8 rings (SSSR count). The Morgan fingerprint density at radius 3 is 2.48 bits per heavy atom. The number of nitrogens with zero attached hydrogens (tertiary/aromatic N) is 2. The van der Waals surface area contributed by atoms with Crippen LogP contribution < -0.4 is 5.32 Å². The van der Waals surface area contributed by atoms with E-state index < -0.39 is 24.2 Å². The molecule has 7 nitrogen and oxygen atoms in total. The first-order valence-corrected chi connectivity index (χ1v) is 11.3. The largest absolute Gasteiger partial charge is 0.390 e. The summed E-state index contributed by atoms with van der Waals surface area (Å²) >= 11 is 0. The van der Waals surface area contributed by atoms with Gasteiger partial charge in [0.05, 0.1) is 33.7 Å². The van der Waals surface area contributed by atoms with Gasteiger partial charge in [0.2, 0.25) is 0 Å². The Morgan fingerprint density at radius 1 is 1.00 bits per heavy atom. The molecular formula is C26H21N3O4. The van der Waals surface area contributed by atoms with Crippen LogP contribution in [0.15, 0.2) is 48.5 Å². The van der Waals surface area contributed by atoms with Crippen molar-refractivity contribution in [3.8, 4) is 0 Å². The SMILES string of the molecule is C[C@]12O[C@H](C[C@@H](O)[C@H]1O)n1c3ccccc3c3c4c(c5c6ccccc6n2c5c31)CNC4=O. The molecule has 3 aromatic carbocycles. The fourth-order valence-electron chi connectivity index (χ4n) is 6.67. The Bertz CT molecular complexity index is 1710. The van der Waals surface area contributed by atoms with E-state index in [9.17, 15) is 15.0 Å². The molecule has 1 fully saturated rings. The molecule has 0 spiro atoms. The number of hydrogen-bond acceptors (Lipinski definition) is 4. The fraction of sp³-hybridized carbons (Fsp3) is 0.269. The standard InChI is InChI=1S/C26H21N3O4/c1-26-24(31)17(30)10-18(33-26)28-15-8-4-2-6-12(15)20-21-14(11-27-25(21)32)19-13-7-3-5-9-16(13)29(26)23(19)22(20)28/h2-9,17-18,24,30-31H,10-11H2,1H3,(H,27,32)/t17-,18-,24-,26+/m1/s1. The average molecular weight is 439 g/mol. The first-order valence-electron chi connectivity index (χ1n) is 11.3. The number of carbonyl (C=O) groups excluding carboxylic acids is 1. The van der Waals surface area contributed by atoms with Crippen LogP contribution in [0.4, 0.5) is 0 Å². The molecular weight excluding hydrogens is 418 g/mol. The van der Waals surface area contributed by atoms with Crippen LogP contribution in [0.5, 0.6) is 0 Å². The Balaban J connectivity index is 1.77. The van der Waals surface area contributed by atoms with Gasteiger partial charge in [0.1, 0.15) is 12.3 Å². The molecule has 33 heavy (non-hydrogen) atoms. The lowest BCUT2D eigenvalue weighted by Crippen LogP contribution is -2.55. The van der Waals surface area contributed by atoms with E-state index in [-0.39, 0.29) is 12.3 Å². The van der Waals surface area contributed by atoms with Gasteiger partial charge in [-0.25, -0.2) is 0 Å². The predicted molar refractivity (Wildman–Crippen MR) is 124 cm³/mol. The summed E-state index contributed by atoms with van der Waals surface area (Å²) in [6, 6.07) is 16.1. The molecule has 4 atom stereocenters.